The lowest BCUT2D eigenvalue weighted by Crippen LogP contribution is -2.38. The van der Waals surface area contributed by atoms with Gasteiger partial charge in [0, 0.05) is 19.6 Å². The third kappa shape index (κ3) is 2.40. The van der Waals surface area contributed by atoms with Crippen molar-refractivity contribution in [3.05, 3.63) is 0 Å². The molecule has 0 aromatic carbocycles. The van der Waals surface area contributed by atoms with Gasteiger partial charge in [-0.2, -0.15) is 0 Å². The largest absolute Gasteiger partial charge is 0.338 e. The van der Waals surface area contributed by atoms with Crippen LogP contribution < -0.4 is 5.32 Å². The molecule has 12 heavy (non-hydrogen) atoms. The highest BCUT2D eigenvalue weighted by Crippen LogP contribution is 2.14. The van der Waals surface area contributed by atoms with Gasteiger partial charge in [-0.15, -0.1) is 0 Å². The molecule has 1 atom stereocenters. The number of carbonyl (C=O) groups is 1. The SMILES string of the molecule is CCCNC(=O)N1CCC(C)C1. The van der Waals surface area contributed by atoms with Crippen LogP contribution in [-0.2, 0) is 0 Å². The number of hydrogen-bond acceptors (Lipinski definition) is 1. The molecule has 1 fully saturated rings. The Labute approximate surface area is 74.1 Å². The van der Waals surface area contributed by atoms with E-state index in [2.05, 4.69) is 19.2 Å². The molecule has 3 nitrogen and oxygen atoms in total. The first-order chi connectivity index (χ1) is 5.74. The minimum Gasteiger partial charge on any atom is -0.338 e. The van der Waals surface area contributed by atoms with Gasteiger partial charge in [-0.1, -0.05) is 13.8 Å². The second kappa shape index (κ2) is 4.33. The third-order valence-electron chi connectivity index (χ3n) is 2.24. The predicted molar refractivity (Wildman–Crippen MR) is 49.0 cm³/mol. The summed E-state index contributed by atoms with van der Waals surface area (Å²) in [7, 11) is 0. The van der Waals surface area contributed by atoms with E-state index in [4.69, 9.17) is 0 Å². The fraction of sp³-hybridized carbons (Fsp3) is 0.889. The Bertz CT molecular complexity index is 159. The first-order valence-corrected chi connectivity index (χ1v) is 4.76. The number of amides is 2. The third-order valence-corrected chi connectivity index (χ3v) is 2.24. The van der Waals surface area contributed by atoms with Crippen LogP contribution in [0, 0.1) is 5.92 Å². The Morgan fingerprint density at radius 2 is 2.42 bits per heavy atom. The molecule has 1 aliphatic heterocycles. The topological polar surface area (TPSA) is 32.3 Å². The fourth-order valence-electron chi connectivity index (χ4n) is 1.46. The minimum atomic E-state index is 0.112. The first kappa shape index (κ1) is 9.36. The summed E-state index contributed by atoms with van der Waals surface area (Å²) in [6.07, 6.45) is 2.16. The normalized spacial score (nSPS) is 22.8. The van der Waals surface area contributed by atoms with Crippen molar-refractivity contribution in [1.29, 1.82) is 0 Å². The summed E-state index contributed by atoms with van der Waals surface area (Å²) in [5.41, 5.74) is 0. The lowest BCUT2D eigenvalue weighted by Gasteiger charge is -2.16. The summed E-state index contributed by atoms with van der Waals surface area (Å²) in [4.78, 5) is 13.3. The molecule has 0 aromatic rings. The van der Waals surface area contributed by atoms with E-state index in [0.29, 0.717) is 5.92 Å². The van der Waals surface area contributed by atoms with Gasteiger partial charge in [0.25, 0.3) is 0 Å². The number of carbonyl (C=O) groups excluding carboxylic acids is 1. The van der Waals surface area contributed by atoms with Crippen molar-refractivity contribution in [2.75, 3.05) is 19.6 Å². The average molecular weight is 170 g/mol. The van der Waals surface area contributed by atoms with Crippen LogP contribution in [0.3, 0.4) is 0 Å². The van der Waals surface area contributed by atoms with Gasteiger partial charge in [-0.05, 0) is 18.8 Å². The number of rotatable bonds is 2. The molecule has 1 heterocycles. The van der Waals surface area contributed by atoms with Gasteiger partial charge >= 0.3 is 6.03 Å². The highest BCUT2D eigenvalue weighted by atomic mass is 16.2. The Hall–Kier alpha value is -0.730. The van der Waals surface area contributed by atoms with Gasteiger partial charge in [0.15, 0.2) is 0 Å². The smallest absolute Gasteiger partial charge is 0.317 e. The van der Waals surface area contributed by atoms with Crippen LogP contribution in [0.25, 0.3) is 0 Å². The van der Waals surface area contributed by atoms with Crippen molar-refractivity contribution in [2.45, 2.75) is 26.7 Å². The molecule has 0 saturated carbocycles. The van der Waals surface area contributed by atoms with E-state index in [9.17, 15) is 4.79 Å². The summed E-state index contributed by atoms with van der Waals surface area (Å²) < 4.78 is 0. The maximum atomic E-state index is 11.4. The average Bonchev–Trinajstić information content (AvgIpc) is 2.47. The zero-order valence-corrected chi connectivity index (χ0v) is 7.97. The molecule has 0 radical (unpaired) electrons. The Balaban J connectivity index is 2.23. The van der Waals surface area contributed by atoms with Crippen molar-refractivity contribution in [3.8, 4) is 0 Å². The van der Waals surface area contributed by atoms with Gasteiger partial charge < -0.3 is 10.2 Å². The lowest BCUT2D eigenvalue weighted by atomic mass is 10.2. The monoisotopic (exact) mass is 170 g/mol. The molecule has 1 rings (SSSR count). The summed E-state index contributed by atoms with van der Waals surface area (Å²) in [6, 6.07) is 0.112. The van der Waals surface area contributed by atoms with Gasteiger partial charge in [-0.3, -0.25) is 0 Å². The van der Waals surface area contributed by atoms with Crippen LogP contribution in [0.4, 0.5) is 4.79 Å². The van der Waals surface area contributed by atoms with E-state index in [1.54, 1.807) is 0 Å². The maximum Gasteiger partial charge on any atom is 0.317 e. The highest BCUT2D eigenvalue weighted by Gasteiger charge is 2.22. The van der Waals surface area contributed by atoms with Gasteiger partial charge in [-0.25, -0.2) is 4.79 Å². The van der Waals surface area contributed by atoms with E-state index in [-0.39, 0.29) is 6.03 Å². The minimum absolute atomic E-state index is 0.112. The molecule has 2 amide bonds. The van der Waals surface area contributed by atoms with Crippen molar-refractivity contribution in [2.24, 2.45) is 5.92 Å². The molecule has 0 aromatic heterocycles. The molecule has 1 N–H and O–H groups in total. The van der Waals surface area contributed by atoms with Gasteiger partial charge in [0.2, 0.25) is 0 Å². The van der Waals surface area contributed by atoms with Crippen LogP contribution in [-0.4, -0.2) is 30.6 Å². The van der Waals surface area contributed by atoms with Crippen molar-refractivity contribution in [3.63, 3.8) is 0 Å². The van der Waals surface area contributed by atoms with Crippen LogP contribution >= 0.6 is 0 Å². The molecule has 3 heteroatoms. The quantitative estimate of drug-likeness (QED) is 0.668. The van der Waals surface area contributed by atoms with Gasteiger partial charge in [0.05, 0.1) is 0 Å². The Kier molecular flexibility index (Phi) is 3.38. The number of nitrogens with one attached hydrogen (secondary N) is 1. The van der Waals surface area contributed by atoms with E-state index in [1.165, 1.54) is 0 Å². The molecule has 1 unspecified atom stereocenters. The first-order valence-electron chi connectivity index (χ1n) is 4.76. The number of nitrogens with zero attached hydrogens (tertiary/aromatic N) is 1. The van der Waals surface area contributed by atoms with E-state index in [0.717, 1.165) is 32.5 Å². The predicted octanol–water partition coefficient (Wildman–Crippen LogP) is 1.45. The van der Waals surface area contributed by atoms with Crippen LogP contribution in [0.1, 0.15) is 26.7 Å². The van der Waals surface area contributed by atoms with Crippen LogP contribution in [0.5, 0.6) is 0 Å². The number of urea groups is 1. The summed E-state index contributed by atoms with van der Waals surface area (Å²) in [5.74, 6) is 0.678. The Morgan fingerprint density at radius 3 is 2.92 bits per heavy atom. The highest BCUT2D eigenvalue weighted by molar-refractivity contribution is 5.74. The molecule has 0 bridgehead atoms. The summed E-state index contributed by atoms with van der Waals surface area (Å²) >= 11 is 0. The second-order valence-corrected chi connectivity index (χ2v) is 3.57. The van der Waals surface area contributed by atoms with E-state index in [1.807, 2.05) is 4.90 Å². The number of likely N-dealkylation sites (tertiary alicyclic amines) is 1. The Morgan fingerprint density at radius 1 is 1.67 bits per heavy atom. The molecular formula is C9H18N2O. The fourth-order valence-corrected chi connectivity index (χ4v) is 1.46. The number of hydrogen-bond donors (Lipinski definition) is 1. The standard InChI is InChI=1S/C9H18N2O/c1-3-5-10-9(12)11-6-4-8(2)7-11/h8H,3-7H2,1-2H3,(H,10,12). The van der Waals surface area contributed by atoms with Crippen LogP contribution in [0.15, 0.2) is 0 Å². The molecule has 0 aliphatic carbocycles. The maximum absolute atomic E-state index is 11.4. The molecule has 1 aliphatic rings. The lowest BCUT2D eigenvalue weighted by molar-refractivity contribution is 0.207. The van der Waals surface area contributed by atoms with Crippen molar-refractivity contribution < 1.29 is 4.79 Å². The molecule has 1 saturated heterocycles. The van der Waals surface area contributed by atoms with Crippen molar-refractivity contribution in [1.82, 2.24) is 10.2 Å². The van der Waals surface area contributed by atoms with Gasteiger partial charge in [0.1, 0.15) is 0 Å². The van der Waals surface area contributed by atoms with E-state index < -0.39 is 0 Å². The van der Waals surface area contributed by atoms with E-state index >= 15 is 0 Å². The zero-order chi connectivity index (χ0) is 8.97. The molecular weight excluding hydrogens is 152 g/mol. The summed E-state index contributed by atoms with van der Waals surface area (Å²) in [5, 5.41) is 2.88. The zero-order valence-electron chi connectivity index (χ0n) is 7.97. The second-order valence-electron chi connectivity index (χ2n) is 3.57. The summed E-state index contributed by atoms with van der Waals surface area (Å²) in [6.45, 7) is 6.90. The molecule has 70 valence electrons. The van der Waals surface area contributed by atoms with Crippen molar-refractivity contribution >= 4 is 6.03 Å². The van der Waals surface area contributed by atoms with Crippen LogP contribution in [0.2, 0.25) is 0 Å². The molecule has 0 spiro atoms.